The average molecular weight is 374 g/mol. The van der Waals surface area contributed by atoms with Crippen LogP contribution in [0.1, 0.15) is 29.2 Å². The molecule has 0 unspecified atom stereocenters. The molecule has 0 aliphatic carbocycles. The van der Waals surface area contributed by atoms with Gasteiger partial charge in [0.1, 0.15) is 0 Å². The Morgan fingerprint density at radius 1 is 0.815 bits per heavy atom. The summed E-state index contributed by atoms with van der Waals surface area (Å²) in [5.74, 6) is 0. The highest BCUT2D eigenvalue weighted by molar-refractivity contribution is 5.33. The highest BCUT2D eigenvalue weighted by Crippen LogP contribution is 2.52. The van der Waals surface area contributed by atoms with Gasteiger partial charge in [0.25, 0.3) is 0 Å². The van der Waals surface area contributed by atoms with Gasteiger partial charge in [0.15, 0.2) is 0 Å². The van der Waals surface area contributed by atoms with Gasteiger partial charge in [0.2, 0.25) is 5.66 Å². The lowest BCUT2D eigenvalue weighted by atomic mass is 10.0. The number of nitrogens with zero attached hydrogens (tertiary/aromatic N) is 4. The molecule has 2 aromatic rings. The van der Waals surface area contributed by atoms with E-state index in [4.69, 9.17) is 4.74 Å². The molecule has 0 saturated heterocycles. The minimum absolute atomic E-state index is 0.0441. The number of halogens is 3. The fraction of sp³-hybridized carbons (Fsp3) is 0.368. The first-order valence-corrected chi connectivity index (χ1v) is 8.54. The summed E-state index contributed by atoms with van der Waals surface area (Å²) in [6.07, 6.45) is -3.88. The Morgan fingerprint density at radius 3 is 1.89 bits per heavy atom. The van der Waals surface area contributed by atoms with Crippen LogP contribution in [0.25, 0.3) is 0 Å². The van der Waals surface area contributed by atoms with Gasteiger partial charge in [-0.05, 0) is 24.5 Å². The van der Waals surface area contributed by atoms with E-state index in [0.29, 0.717) is 19.6 Å². The molecule has 0 radical (unpaired) electrons. The molecule has 0 amide bonds. The Morgan fingerprint density at radius 2 is 1.37 bits per heavy atom. The summed E-state index contributed by atoms with van der Waals surface area (Å²) in [6.45, 7) is 2.90. The molecule has 2 aliphatic heterocycles. The Hall–Kier alpha value is -2.61. The van der Waals surface area contributed by atoms with Crippen LogP contribution in [-0.4, -0.2) is 12.8 Å². The lowest BCUT2D eigenvalue weighted by Crippen LogP contribution is -2.30. The third-order valence-corrected chi connectivity index (χ3v) is 4.76. The predicted molar refractivity (Wildman–Crippen MR) is 91.0 cm³/mol. The van der Waals surface area contributed by atoms with Crippen molar-refractivity contribution in [3.05, 3.63) is 70.8 Å². The lowest BCUT2D eigenvalue weighted by Gasteiger charge is -2.15. The number of benzene rings is 2. The quantitative estimate of drug-likeness (QED) is 0.610. The zero-order chi connectivity index (χ0) is 19.1. The molecule has 0 N–H and O–H groups in total. The Kier molecular flexibility index (Phi) is 4.10. The van der Waals surface area contributed by atoms with Crippen molar-refractivity contribution in [2.75, 3.05) is 6.61 Å². The van der Waals surface area contributed by atoms with Crippen LogP contribution < -0.4 is 0 Å². The lowest BCUT2D eigenvalue weighted by molar-refractivity contribution is -0.166. The Balaban J connectivity index is 1.25. The van der Waals surface area contributed by atoms with Crippen molar-refractivity contribution in [3.63, 3.8) is 0 Å². The minimum atomic E-state index is -4.49. The molecule has 0 spiro atoms. The zero-order valence-corrected chi connectivity index (χ0v) is 14.6. The second-order valence-electron chi connectivity index (χ2n) is 6.79. The first kappa shape index (κ1) is 17.8. The maximum Gasteiger partial charge on any atom is 0.442 e. The summed E-state index contributed by atoms with van der Waals surface area (Å²) in [5, 5.41) is 14.4. The van der Waals surface area contributed by atoms with Gasteiger partial charge in [-0.3, -0.25) is 0 Å². The fourth-order valence-corrected chi connectivity index (χ4v) is 2.83. The molecule has 0 aromatic heterocycles. The van der Waals surface area contributed by atoms with E-state index in [0.717, 1.165) is 16.7 Å². The molecule has 0 bridgehead atoms. The monoisotopic (exact) mass is 374 g/mol. The first-order valence-electron chi connectivity index (χ1n) is 8.54. The van der Waals surface area contributed by atoms with Gasteiger partial charge in [-0.2, -0.15) is 23.4 Å². The third kappa shape index (κ3) is 3.49. The van der Waals surface area contributed by atoms with Crippen molar-refractivity contribution in [2.45, 2.75) is 37.5 Å². The van der Waals surface area contributed by atoms with E-state index in [1.54, 1.807) is 12.1 Å². The molecule has 140 valence electrons. The van der Waals surface area contributed by atoms with E-state index in [-0.39, 0.29) is 11.2 Å². The summed E-state index contributed by atoms with van der Waals surface area (Å²) < 4.78 is 44.6. The van der Waals surface area contributed by atoms with Gasteiger partial charge < -0.3 is 4.74 Å². The topological polar surface area (TPSA) is 58.7 Å². The van der Waals surface area contributed by atoms with Crippen molar-refractivity contribution < 1.29 is 17.9 Å². The van der Waals surface area contributed by atoms with Crippen LogP contribution in [0.2, 0.25) is 0 Å². The highest BCUT2D eigenvalue weighted by Gasteiger charge is 2.65. The van der Waals surface area contributed by atoms with Crippen LogP contribution in [-0.2, 0) is 29.1 Å². The van der Waals surface area contributed by atoms with E-state index < -0.39 is 11.8 Å². The van der Waals surface area contributed by atoms with Crippen molar-refractivity contribution >= 4 is 0 Å². The highest BCUT2D eigenvalue weighted by atomic mass is 19.4. The molecule has 2 aliphatic rings. The second kappa shape index (κ2) is 6.23. The van der Waals surface area contributed by atoms with E-state index >= 15 is 0 Å². The molecule has 0 atom stereocenters. The molecule has 2 aromatic carbocycles. The summed E-state index contributed by atoms with van der Waals surface area (Å²) in [6, 6.07) is 14.1. The molecule has 27 heavy (non-hydrogen) atoms. The Labute approximate surface area is 154 Å². The van der Waals surface area contributed by atoms with Gasteiger partial charge in [-0.15, -0.1) is 10.2 Å². The van der Waals surface area contributed by atoms with Gasteiger partial charge in [-0.1, -0.05) is 48.5 Å². The smallest absolute Gasteiger partial charge is 0.376 e. The molecule has 5 nitrogen and oxygen atoms in total. The molecule has 0 saturated carbocycles. The van der Waals surface area contributed by atoms with Gasteiger partial charge in [-0.25, -0.2) is 0 Å². The van der Waals surface area contributed by atoms with Crippen LogP contribution in [0, 0.1) is 0 Å². The van der Waals surface area contributed by atoms with E-state index in [2.05, 4.69) is 20.5 Å². The van der Waals surface area contributed by atoms with Crippen LogP contribution in [0.5, 0.6) is 0 Å². The number of hydrogen-bond donors (Lipinski definition) is 0. The van der Waals surface area contributed by atoms with E-state index in [9.17, 15) is 13.2 Å². The maximum absolute atomic E-state index is 13.0. The van der Waals surface area contributed by atoms with Crippen LogP contribution in [0.15, 0.2) is 69.0 Å². The molecular weight excluding hydrogens is 357 g/mol. The van der Waals surface area contributed by atoms with Gasteiger partial charge in [0.05, 0.1) is 13.2 Å². The number of rotatable bonds is 7. The molecule has 8 heteroatoms. The molecule has 4 rings (SSSR count). The number of hydrogen-bond acceptors (Lipinski definition) is 5. The van der Waals surface area contributed by atoms with E-state index in [1.807, 2.05) is 31.2 Å². The van der Waals surface area contributed by atoms with Crippen molar-refractivity contribution in [1.82, 2.24) is 0 Å². The SMILES string of the molecule is CC1(c2ccc(COCCc3ccc(C4(C(F)(F)F)N=N4)cc3)cc2)N=N1. The van der Waals surface area contributed by atoms with Gasteiger partial charge >= 0.3 is 11.8 Å². The predicted octanol–water partition coefficient (Wildman–Crippen LogP) is 5.27. The fourth-order valence-electron chi connectivity index (χ4n) is 2.83. The van der Waals surface area contributed by atoms with E-state index in [1.165, 1.54) is 12.1 Å². The second-order valence-corrected chi connectivity index (χ2v) is 6.79. The van der Waals surface area contributed by atoms with Crippen molar-refractivity contribution in [2.24, 2.45) is 20.5 Å². The Bertz CT molecular complexity index is 877. The van der Waals surface area contributed by atoms with Crippen LogP contribution in [0.3, 0.4) is 0 Å². The first-order chi connectivity index (χ1) is 12.8. The van der Waals surface area contributed by atoms with Crippen molar-refractivity contribution in [1.29, 1.82) is 0 Å². The van der Waals surface area contributed by atoms with Crippen molar-refractivity contribution in [3.8, 4) is 0 Å². The van der Waals surface area contributed by atoms with Gasteiger partial charge in [0, 0.05) is 11.1 Å². The normalized spacial score (nSPS) is 18.5. The molecule has 0 fully saturated rings. The number of alkyl halides is 3. The molecular formula is C19H17F3N4O. The average Bonchev–Trinajstić information content (AvgIpc) is 3.55. The maximum atomic E-state index is 13.0. The standard InChI is InChI=1S/C19H17F3N4O/c1-17(23-24-17)15-6-4-14(5-7-15)12-27-11-10-13-2-8-16(9-3-13)18(25-26-18)19(20,21)22/h2-9H,10-12H2,1H3. The zero-order valence-electron chi connectivity index (χ0n) is 14.6. The third-order valence-electron chi connectivity index (χ3n) is 4.76. The summed E-state index contributed by atoms with van der Waals surface area (Å²) >= 11 is 0. The summed E-state index contributed by atoms with van der Waals surface area (Å²) in [7, 11) is 0. The minimum Gasteiger partial charge on any atom is -0.376 e. The summed E-state index contributed by atoms with van der Waals surface area (Å²) in [5.41, 5.74) is 0.308. The van der Waals surface area contributed by atoms with Crippen LogP contribution >= 0.6 is 0 Å². The van der Waals surface area contributed by atoms with Crippen LogP contribution in [0.4, 0.5) is 13.2 Å². The number of ether oxygens (including phenoxy) is 1. The molecule has 2 heterocycles. The summed E-state index contributed by atoms with van der Waals surface area (Å²) in [4.78, 5) is 0. The largest absolute Gasteiger partial charge is 0.442 e.